The van der Waals surface area contributed by atoms with Crippen LogP contribution in [0.4, 0.5) is 5.69 Å². The molecule has 0 aliphatic rings. The first-order valence-electron chi connectivity index (χ1n) is 8.16. The summed E-state index contributed by atoms with van der Waals surface area (Å²) in [5.41, 5.74) is 2.89. The molecule has 0 radical (unpaired) electrons. The smallest absolute Gasteiger partial charge is 0.261 e. The minimum atomic E-state index is -3.68. The molecule has 1 heterocycles. The molecule has 0 fully saturated rings. The van der Waals surface area contributed by atoms with E-state index in [1.165, 1.54) is 0 Å². The molecule has 4 nitrogen and oxygen atoms in total. The SMILES string of the molecule is O=S(=O)(Nc1cc(-c2ccccc2)nc2ccccc12)c1ccccc1. The Labute approximate surface area is 152 Å². The fourth-order valence-corrected chi connectivity index (χ4v) is 3.91. The van der Waals surface area contributed by atoms with E-state index in [0.717, 1.165) is 22.2 Å². The highest BCUT2D eigenvalue weighted by atomic mass is 32.2. The van der Waals surface area contributed by atoms with Gasteiger partial charge in [0.25, 0.3) is 10.0 Å². The lowest BCUT2D eigenvalue weighted by Gasteiger charge is -2.13. The van der Waals surface area contributed by atoms with Crippen LogP contribution in [0.1, 0.15) is 0 Å². The Balaban J connectivity index is 1.86. The number of hydrogen-bond donors (Lipinski definition) is 1. The molecule has 0 amide bonds. The van der Waals surface area contributed by atoms with Crippen molar-refractivity contribution in [2.75, 3.05) is 4.72 Å². The van der Waals surface area contributed by atoms with E-state index in [-0.39, 0.29) is 4.90 Å². The predicted octanol–water partition coefficient (Wildman–Crippen LogP) is 4.70. The van der Waals surface area contributed by atoms with Gasteiger partial charge in [-0.25, -0.2) is 13.4 Å². The summed E-state index contributed by atoms with van der Waals surface area (Å²) in [6.07, 6.45) is 0. The Morgan fingerprint density at radius 2 is 1.35 bits per heavy atom. The lowest BCUT2D eigenvalue weighted by molar-refractivity contribution is 0.601. The lowest BCUT2D eigenvalue weighted by atomic mass is 10.1. The highest BCUT2D eigenvalue weighted by Gasteiger charge is 2.16. The maximum atomic E-state index is 12.8. The van der Waals surface area contributed by atoms with Crippen LogP contribution in [0.2, 0.25) is 0 Å². The molecule has 0 spiro atoms. The molecule has 0 aliphatic carbocycles. The van der Waals surface area contributed by atoms with Gasteiger partial charge in [-0.3, -0.25) is 4.72 Å². The number of para-hydroxylation sites is 1. The first kappa shape index (κ1) is 16.3. The van der Waals surface area contributed by atoms with Crippen molar-refractivity contribution in [3.63, 3.8) is 0 Å². The minimum absolute atomic E-state index is 0.224. The number of rotatable bonds is 4. The summed E-state index contributed by atoms with van der Waals surface area (Å²) < 4.78 is 28.2. The largest absolute Gasteiger partial charge is 0.279 e. The monoisotopic (exact) mass is 360 g/mol. The van der Waals surface area contributed by atoms with Gasteiger partial charge in [-0.15, -0.1) is 0 Å². The van der Waals surface area contributed by atoms with Crippen LogP contribution in [0.15, 0.2) is 95.9 Å². The molecule has 4 aromatic rings. The molecule has 0 atom stereocenters. The van der Waals surface area contributed by atoms with Crippen molar-refractivity contribution in [2.24, 2.45) is 0 Å². The normalized spacial score (nSPS) is 11.4. The van der Waals surface area contributed by atoms with Crippen molar-refractivity contribution < 1.29 is 8.42 Å². The van der Waals surface area contributed by atoms with Gasteiger partial charge < -0.3 is 0 Å². The molecule has 0 bridgehead atoms. The van der Waals surface area contributed by atoms with Crippen molar-refractivity contribution in [2.45, 2.75) is 4.90 Å². The molecule has 5 heteroatoms. The standard InChI is InChI=1S/C21H16N2O2S/c24-26(25,17-11-5-2-6-12-17)23-21-15-20(16-9-3-1-4-10-16)22-19-14-8-7-13-18(19)21/h1-15H,(H,22,23). The molecule has 0 saturated heterocycles. The third-order valence-electron chi connectivity index (χ3n) is 4.08. The second-order valence-electron chi connectivity index (χ2n) is 5.86. The molecule has 0 aliphatic heterocycles. The van der Waals surface area contributed by atoms with Crippen LogP contribution in [0.25, 0.3) is 22.2 Å². The predicted molar refractivity (Wildman–Crippen MR) is 104 cm³/mol. The van der Waals surface area contributed by atoms with Crippen LogP contribution in [0, 0.1) is 0 Å². The molecule has 3 aromatic carbocycles. The van der Waals surface area contributed by atoms with Gasteiger partial charge in [0, 0.05) is 10.9 Å². The first-order chi connectivity index (χ1) is 12.6. The van der Waals surface area contributed by atoms with Crippen LogP contribution in [-0.2, 0) is 10.0 Å². The second-order valence-corrected chi connectivity index (χ2v) is 7.54. The summed E-state index contributed by atoms with van der Waals surface area (Å²) >= 11 is 0. The molecule has 4 rings (SSSR count). The zero-order chi connectivity index (χ0) is 18.0. The number of anilines is 1. The average molecular weight is 360 g/mol. The number of hydrogen-bond acceptors (Lipinski definition) is 3. The van der Waals surface area contributed by atoms with E-state index >= 15 is 0 Å². The summed E-state index contributed by atoms with van der Waals surface area (Å²) in [5, 5.41) is 0.756. The Hall–Kier alpha value is -3.18. The van der Waals surface area contributed by atoms with E-state index in [1.54, 1.807) is 36.4 Å². The van der Waals surface area contributed by atoms with Crippen molar-refractivity contribution in [3.8, 4) is 11.3 Å². The summed E-state index contributed by atoms with van der Waals surface area (Å²) in [6.45, 7) is 0. The van der Waals surface area contributed by atoms with E-state index in [0.29, 0.717) is 5.69 Å². The second kappa shape index (κ2) is 6.61. The highest BCUT2D eigenvalue weighted by Crippen LogP contribution is 2.29. The number of aromatic nitrogens is 1. The van der Waals surface area contributed by atoms with Gasteiger partial charge in [0.2, 0.25) is 0 Å². The van der Waals surface area contributed by atoms with E-state index < -0.39 is 10.0 Å². The van der Waals surface area contributed by atoms with E-state index in [4.69, 9.17) is 0 Å². The zero-order valence-electron chi connectivity index (χ0n) is 13.8. The molecule has 128 valence electrons. The van der Waals surface area contributed by atoms with Crippen molar-refractivity contribution >= 4 is 26.6 Å². The van der Waals surface area contributed by atoms with Gasteiger partial charge in [0.05, 0.1) is 21.8 Å². The quantitative estimate of drug-likeness (QED) is 0.574. The average Bonchev–Trinajstić information content (AvgIpc) is 2.69. The van der Waals surface area contributed by atoms with E-state index in [9.17, 15) is 8.42 Å². The van der Waals surface area contributed by atoms with E-state index in [1.807, 2.05) is 54.6 Å². The van der Waals surface area contributed by atoms with Gasteiger partial charge in [0.1, 0.15) is 0 Å². The summed E-state index contributed by atoms with van der Waals surface area (Å²) in [4.78, 5) is 4.90. The lowest BCUT2D eigenvalue weighted by Crippen LogP contribution is -2.13. The topological polar surface area (TPSA) is 59.1 Å². The van der Waals surface area contributed by atoms with Gasteiger partial charge in [-0.2, -0.15) is 0 Å². The van der Waals surface area contributed by atoms with Crippen LogP contribution < -0.4 is 4.72 Å². The molecule has 0 saturated carbocycles. The molecule has 1 N–H and O–H groups in total. The fourth-order valence-electron chi connectivity index (χ4n) is 2.82. The number of nitrogens with zero attached hydrogens (tertiary/aromatic N) is 1. The van der Waals surface area contributed by atoms with Crippen molar-refractivity contribution in [1.29, 1.82) is 0 Å². The van der Waals surface area contributed by atoms with Crippen LogP contribution >= 0.6 is 0 Å². The summed E-state index contributed by atoms with van der Waals surface area (Å²) in [5.74, 6) is 0. The third-order valence-corrected chi connectivity index (χ3v) is 5.46. The zero-order valence-corrected chi connectivity index (χ0v) is 14.6. The number of benzene rings is 3. The number of nitrogens with one attached hydrogen (secondary N) is 1. The molecular weight excluding hydrogens is 344 g/mol. The number of pyridine rings is 1. The molecule has 1 aromatic heterocycles. The first-order valence-corrected chi connectivity index (χ1v) is 9.65. The summed E-state index contributed by atoms with van der Waals surface area (Å²) in [6, 6.07) is 27.3. The van der Waals surface area contributed by atoms with Crippen molar-refractivity contribution in [3.05, 3.63) is 91.0 Å². The Morgan fingerprint density at radius 3 is 2.08 bits per heavy atom. The minimum Gasteiger partial charge on any atom is -0.279 e. The molecule has 0 unspecified atom stereocenters. The van der Waals surface area contributed by atoms with Crippen molar-refractivity contribution in [1.82, 2.24) is 4.98 Å². The number of fused-ring (bicyclic) bond motifs is 1. The Morgan fingerprint density at radius 1 is 0.731 bits per heavy atom. The summed E-state index contributed by atoms with van der Waals surface area (Å²) in [7, 11) is -3.68. The van der Waals surface area contributed by atoms with Gasteiger partial charge in [0.15, 0.2) is 0 Å². The Kier molecular flexibility index (Phi) is 4.14. The molecule has 26 heavy (non-hydrogen) atoms. The van der Waals surface area contributed by atoms with E-state index in [2.05, 4.69) is 9.71 Å². The van der Waals surface area contributed by atoms with Gasteiger partial charge in [-0.05, 0) is 24.3 Å². The maximum absolute atomic E-state index is 12.8. The fraction of sp³-hybridized carbons (Fsp3) is 0. The third kappa shape index (κ3) is 3.17. The van der Waals surface area contributed by atoms with Crippen LogP contribution in [0.3, 0.4) is 0 Å². The number of sulfonamides is 1. The molecular formula is C21H16N2O2S. The van der Waals surface area contributed by atoms with Gasteiger partial charge >= 0.3 is 0 Å². The van der Waals surface area contributed by atoms with Crippen LogP contribution in [0.5, 0.6) is 0 Å². The maximum Gasteiger partial charge on any atom is 0.261 e. The Bertz CT molecular complexity index is 1160. The van der Waals surface area contributed by atoms with Crippen LogP contribution in [-0.4, -0.2) is 13.4 Å². The highest BCUT2D eigenvalue weighted by molar-refractivity contribution is 7.92. The van der Waals surface area contributed by atoms with Gasteiger partial charge in [-0.1, -0.05) is 66.7 Å².